The Hall–Kier alpha value is 1.40. The number of hydrogen-bond donors (Lipinski definition) is 0. The Morgan fingerprint density at radius 1 is 1.25 bits per heavy atom. The normalized spacial score (nSPS) is 0.750. The van der Waals surface area contributed by atoms with Crippen molar-refractivity contribution in [2.24, 2.45) is 0 Å². The Kier molecular flexibility index (Phi) is 118. The van der Waals surface area contributed by atoms with E-state index in [1.54, 1.807) is 0 Å². The van der Waals surface area contributed by atoms with Crippen LogP contribution >= 0.6 is 0 Å². The molecule has 0 aliphatic rings. The van der Waals surface area contributed by atoms with E-state index >= 15 is 0 Å². The summed E-state index contributed by atoms with van der Waals surface area (Å²) in [4.78, 5) is 0. The fourth-order valence-corrected chi connectivity index (χ4v) is 0. The van der Waals surface area contributed by atoms with Gasteiger partial charge in [0.25, 0.3) is 0 Å². The molecule has 0 saturated heterocycles. The van der Waals surface area contributed by atoms with Crippen molar-refractivity contribution < 1.29 is 32.7 Å². The third kappa shape index (κ3) is 10.0. The van der Waals surface area contributed by atoms with E-state index in [0.717, 1.165) is 0 Å². The minimum atomic E-state index is 0. The predicted molar refractivity (Wildman–Crippen MR) is 9.77 cm³/mol. The molecule has 0 unspecified atom stereocenters. The summed E-state index contributed by atoms with van der Waals surface area (Å²) in [5.74, 6) is 0. The summed E-state index contributed by atoms with van der Waals surface area (Å²) < 4.78 is 8.39. The zero-order chi connectivity index (χ0) is 2.00. The molecule has 0 spiro atoms. The fraction of sp³-hybridized carbons (Fsp3) is 0. The van der Waals surface area contributed by atoms with Crippen LogP contribution in [0, 0.1) is 0 Å². The van der Waals surface area contributed by atoms with E-state index in [1.165, 1.54) is 0 Å². The van der Waals surface area contributed by atoms with Gasteiger partial charge in [0.15, 0.2) is 0 Å². The Labute approximate surface area is 55.4 Å². The van der Waals surface area contributed by atoms with Crippen molar-refractivity contribution in [3.8, 4) is 0 Å². The van der Waals surface area contributed by atoms with Gasteiger partial charge < -0.3 is 5.48 Å². The van der Waals surface area contributed by atoms with E-state index in [9.17, 15) is 0 Å². The van der Waals surface area contributed by atoms with Gasteiger partial charge in [0.1, 0.15) is 0 Å². The first-order valence-corrected chi connectivity index (χ1v) is 1.67. The average Bonchev–Trinajstić information content (AvgIpc) is 1.00. The van der Waals surface area contributed by atoms with Crippen molar-refractivity contribution in [1.29, 1.82) is 0 Å². The van der Waals surface area contributed by atoms with Crippen molar-refractivity contribution in [3.63, 3.8) is 0 Å². The van der Waals surface area contributed by atoms with Gasteiger partial charge in [0.2, 0.25) is 0 Å². The summed E-state index contributed by atoms with van der Waals surface area (Å²) in [7, 11) is 0. The van der Waals surface area contributed by atoms with Gasteiger partial charge in [-0.25, -0.2) is 0 Å². The second kappa shape index (κ2) is 26.0. The Bertz CT molecular complexity index is 6.00. The van der Waals surface area contributed by atoms with Crippen LogP contribution in [-0.2, 0) is 27.2 Å². The summed E-state index contributed by atoms with van der Waals surface area (Å²) in [6, 6.07) is 0. The average molecular weight is 237 g/mol. The van der Waals surface area contributed by atoms with Gasteiger partial charge in [-0.05, 0) is 0 Å². The maximum absolute atomic E-state index is 8.39. The summed E-state index contributed by atoms with van der Waals surface area (Å²) in [5.41, 5.74) is 0. The molecule has 0 radical (unpaired) electrons. The molecule has 0 saturated carbocycles. The van der Waals surface area contributed by atoms with Crippen LogP contribution in [-0.4, -0.2) is 28.5 Å². The molecule has 0 aromatic carbocycles. The molecule has 0 bridgehead atoms. The van der Waals surface area contributed by atoms with Crippen LogP contribution in [0.5, 0.6) is 0 Å². The SMILES string of the molecule is [MgH+].[OH-].[O]=[Hf]. The third-order valence-electron chi connectivity index (χ3n) is 0. The fourth-order valence-electron chi connectivity index (χ4n) is 0. The molecule has 0 aliphatic carbocycles. The van der Waals surface area contributed by atoms with Crippen LogP contribution in [0.1, 0.15) is 0 Å². The predicted octanol–water partition coefficient (Wildman–Crippen LogP) is -0.947. The Balaban J connectivity index is -0.00000000500. The molecule has 4 heteroatoms. The van der Waals surface area contributed by atoms with Gasteiger partial charge in [-0.2, -0.15) is 0 Å². The Morgan fingerprint density at radius 2 is 1.25 bits per heavy atom. The zero-order valence-corrected chi connectivity index (χ0v) is 7.95. The first kappa shape index (κ1) is 18.2. The van der Waals surface area contributed by atoms with E-state index in [4.69, 9.17) is 2.85 Å². The second-order valence-electron chi connectivity index (χ2n) is 0. The number of rotatable bonds is 0. The second-order valence-corrected chi connectivity index (χ2v) is 0. The quantitative estimate of drug-likeness (QED) is 0.510. The van der Waals surface area contributed by atoms with E-state index in [0.29, 0.717) is 0 Å². The third-order valence-corrected chi connectivity index (χ3v) is 0. The summed E-state index contributed by atoms with van der Waals surface area (Å²) in [6.45, 7) is 0. The van der Waals surface area contributed by atoms with Gasteiger partial charge >= 0.3 is 50.3 Å². The van der Waals surface area contributed by atoms with Crippen molar-refractivity contribution >= 4 is 23.1 Å². The summed E-state index contributed by atoms with van der Waals surface area (Å²) >= 11 is 0.0556. The van der Waals surface area contributed by atoms with Crippen LogP contribution in [0.4, 0.5) is 0 Å². The van der Waals surface area contributed by atoms with E-state index < -0.39 is 0 Å². The number of hydrogen-bond acceptors (Lipinski definition) is 2. The van der Waals surface area contributed by atoms with Gasteiger partial charge in [-0.3, -0.25) is 0 Å². The topological polar surface area (TPSA) is 47.1 Å². The van der Waals surface area contributed by atoms with Gasteiger partial charge in [0.05, 0.1) is 0 Å². The molecule has 1 N–H and O–H groups in total. The van der Waals surface area contributed by atoms with Crippen molar-refractivity contribution in [3.05, 3.63) is 0 Å². The molecule has 0 amide bonds. The molecule has 2 nitrogen and oxygen atoms in total. The van der Waals surface area contributed by atoms with Gasteiger partial charge in [-0.15, -0.1) is 0 Å². The summed E-state index contributed by atoms with van der Waals surface area (Å²) in [6.07, 6.45) is 0. The zero-order valence-electron chi connectivity index (χ0n) is 2.36. The van der Waals surface area contributed by atoms with E-state index in [1.807, 2.05) is 0 Å². The molecule has 0 heterocycles. The minimum absolute atomic E-state index is 0. The molecule has 20 valence electrons. The van der Waals surface area contributed by atoms with E-state index in [2.05, 4.69) is 0 Å². The molecule has 0 rings (SSSR count). The van der Waals surface area contributed by atoms with Crippen LogP contribution in [0.3, 0.4) is 0 Å². The molecular weight excluding hydrogens is 235 g/mol. The molecular formula is H2HfMgO2. The summed E-state index contributed by atoms with van der Waals surface area (Å²) in [5, 5.41) is 0. The van der Waals surface area contributed by atoms with Crippen LogP contribution in [0.2, 0.25) is 0 Å². The van der Waals surface area contributed by atoms with Crippen LogP contribution in [0.25, 0.3) is 0 Å². The molecule has 0 atom stereocenters. The van der Waals surface area contributed by atoms with Crippen molar-refractivity contribution in [1.82, 2.24) is 0 Å². The van der Waals surface area contributed by atoms with Gasteiger partial charge in [0, 0.05) is 0 Å². The van der Waals surface area contributed by atoms with E-state index in [-0.39, 0.29) is 52.9 Å². The molecule has 0 aliphatic heterocycles. The van der Waals surface area contributed by atoms with Crippen molar-refractivity contribution in [2.45, 2.75) is 0 Å². The standard InChI is InChI=1S/Hf.Mg.H2O.O.H/h;;1H2;;/q;+1;;;/p-1. The molecule has 4 heavy (non-hydrogen) atoms. The maximum atomic E-state index is 8.39. The first-order valence-electron chi connectivity index (χ1n) is 0.204. The van der Waals surface area contributed by atoms with Crippen molar-refractivity contribution in [2.75, 3.05) is 0 Å². The molecule has 0 aromatic heterocycles. The van der Waals surface area contributed by atoms with Gasteiger partial charge in [-0.1, -0.05) is 0 Å². The monoisotopic (exact) mass is 238 g/mol. The van der Waals surface area contributed by atoms with Crippen LogP contribution < -0.4 is 0 Å². The first-order chi connectivity index (χ1) is 1.00. The molecule has 0 fully saturated rings. The van der Waals surface area contributed by atoms with Crippen LogP contribution in [0.15, 0.2) is 0 Å². The molecule has 0 aromatic rings. The Morgan fingerprint density at radius 3 is 1.25 bits per heavy atom.